The molecule has 4 heteroatoms. The number of thioether (sulfide) groups is 1. The zero-order chi connectivity index (χ0) is 14.1. The van der Waals surface area contributed by atoms with Gasteiger partial charge in [0.15, 0.2) is 16.5 Å². The van der Waals surface area contributed by atoms with Gasteiger partial charge in [-0.3, -0.25) is 9.69 Å². The summed E-state index contributed by atoms with van der Waals surface area (Å²) in [7, 11) is 2.08. The van der Waals surface area contributed by atoms with Crippen LogP contribution in [0.25, 0.3) is 0 Å². The molecule has 20 heavy (non-hydrogen) atoms. The third-order valence-corrected chi connectivity index (χ3v) is 4.53. The first-order valence-electron chi connectivity index (χ1n) is 6.31. The van der Waals surface area contributed by atoms with Crippen LogP contribution >= 0.6 is 11.8 Å². The van der Waals surface area contributed by atoms with E-state index in [-0.39, 0.29) is 11.5 Å². The molecule has 0 spiro atoms. The first kappa shape index (κ1) is 13.0. The summed E-state index contributed by atoms with van der Waals surface area (Å²) in [6.45, 7) is 0. The van der Waals surface area contributed by atoms with Gasteiger partial charge in [0, 0.05) is 17.7 Å². The van der Waals surface area contributed by atoms with Gasteiger partial charge < -0.3 is 5.11 Å². The Morgan fingerprint density at radius 1 is 1.20 bits per heavy atom. The molecule has 0 fully saturated rings. The molecule has 1 unspecified atom stereocenters. The number of hydrogen-bond donors (Lipinski definition) is 2. The second kappa shape index (κ2) is 5.15. The fraction of sp³-hybridized carbons (Fsp3) is 0.0625. The number of hydrogen-bond acceptors (Lipinski definition) is 3. The molecule has 0 saturated carbocycles. The van der Waals surface area contributed by atoms with E-state index in [2.05, 4.69) is 19.2 Å². The fourth-order valence-corrected chi connectivity index (χ4v) is 3.30. The molecule has 2 N–H and O–H groups in total. The highest BCUT2D eigenvalue weighted by Crippen LogP contribution is 2.34. The summed E-state index contributed by atoms with van der Waals surface area (Å²) < 4.78 is 0. The SMILES string of the molecule is C[NH+]1C(=CC=C2C=C(O)C=CC2=O)Sc2ccccc21. The van der Waals surface area contributed by atoms with Crippen molar-refractivity contribution in [1.29, 1.82) is 0 Å². The molecular formula is C16H14NO2S+. The summed E-state index contributed by atoms with van der Waals surface area (Å²) in [6, 6.07) is 8.25. The van der Waals surface area contributed by atoms with E-state index in [4.69, 9.17) is 0 Å². The summed E-state index contributed by atoms with van der Waals surface area (Å²) in [6.07, 6.45) is 7.98. The maximum atomic E-state index is 11.7. The molecule has 3 rings (SSSR count). The largest absolute Gasteiger partial charge is 0.508 e. The van der Waals surface area contributed by atoms with Crippen molar-refractivity contribution < 1.29 is 14.8 Å². The van der Waals surface area contributed by atoms with Gasteiger partial charge in [0.2, 0.25) is 0 Å². The number of carbonyl (C=O) groups excluding carboxylic acids is 1. The van der Waals surface area contributed by atoms with Crippen molar-refractivity contribution in [3.05, 3.63) is 71.0 Å². The minimum Gasteiger partial charge on any atom is -0.508 e. The smallest absolute Gasteiger partial charge is 0.186 e. The lowest BCUT2D eigenvalue weighted by atomic mass is 10.1. The van der Waals surface area contributed by atoms with E-state index in [1.807, 2.05) is 18.2 Å². The van der Waals surface area contributed by atoms with E-state index in [9.17, 15) is 9.90 Å². The number of aliphatic hydroxyl groups is 1. The Labute approximate surface area is 121 Å². The topological polar surface area (TPSA) is 41.7 Å². The number of rotatable bonds is 1. The first-order chi connectivity index (χ1) is 9.65. The van der Waals surface area contributed by atoms with E-state index in [0.717, 1.165) is 5.03 Å². The summed E-state index contributed by atoms with van der Waals surface area (Å²) >= 11 is 1.70. The van der Waals surface area contributed by atoms with Crippen LogP contribution in [-0.4, -0.2) is 17.9 Å². The monoisotopic (exact) mass is 284 g/mol. The highest BCUT2D eigenvalue weighted by molar-refractivity contribution is 8.03. The maximum absolute atomic E-state index is 11.7. The Balaban J connectivity index is 1.89. The zero-order valence-electron chi connectivity index (χ0n) is 11.0. The highest BCUT2D eigenvalue weighted by atomic mass is 32.2. The molecule has 0 radical (unpaired) electrons. The van der Waals surface area contributed by atoms with Crippen LogP contribution in [0.5, 0.6) is 0 Å². The molecule has 2 aliphatic rings. The van der Waals surface area contributed by atoms with Gasteiger partial charge in [-0.15, -0.1) is 0 Å². The van der Waals surface area contributed by atoms with E-state index < -0.39 is 0 Å². The van der Waals surface area contributed by atoms with Crippen LogP contribution in [0.2, 0.25) is 0 Å². The number of carbonyl (C=O) groups is 1. The van der Waals surface area contributed by atoms with E-state index in [1.54, 1.807) is 17.8 Å². The van der Waals surface area contributed by atoms with Crippen LogP contribution in [-0.2, 0) is 4.79 Å². The lowest BCUT2D eigenvalue weighted by molar-refractivity contribution is -0.755. The van der Waals surface area contributed by atoms with Crippen molar-refractivity contribution in [2.45, 2.75) is 4.90 Å². The van der Waals surface area contributed by atoms with E-state index in [1.165, 1.54) is 33.7 Å². The third kappa shape index (κ3) is 2.35. The highest BCUT2D eigenvalue weighted by Gasteiger charge is 2.26. The molecule has 1 atom stereocenters. The van der Waals surface area contributed by atoms with Gasteiger partial charge >= 0.3 is 0 Å². The summed E-state index contributed by atoms with van der Waals surface area (Å²) in [5.41, 5.74) is 1.75. The number of nitrogens with one attached hydrogen (secondary N) is 1. The van der Waals surface area contributed by atoms with Gasteiger partial charge in [0.05, 0.1) is 11.9 Å². The van der Waals surface area contributed by atoms with Gasteiger partial charge in [-0.2, -0.15) is 0 Å². The Morgan fingerprint density at radius 2 is 2.00 bits per heavy atom. The Kier molecular flexibility index (Phi) is 3.34. The Hall–Kier alpha value is -2.04. The second-order valence-corrected chi connectivity index (χ2v) is 5.73. The van der Waals surface area contributed by atoms with Crippen LogP contribution in [0.1, 0.15) is 0 Å². The first-order valence-corrected chi connectivity index (χ1v) is 7.13. The normalized spacial score (nSPS) is 25.1. The predicted molar refractivity (Wildman–Crippen MR) is 79.9 cm³/mol. The van der Waals surface area contributed by atoms with Crippen molar-refractivity contribution in [2.24, 2.45) is 0 Å². The average molecular weight is 284 g/mol. The maximum Gasteiger partial charge on any atom is 0.186 e. The van der Waals surface area contributed by atoms with Crippen molar-refractivity contribution in [1.82, 2.24) is 0 Å². The molecule has 100 valence electrons. The number of ketones is 1. The van der Waals surface area contributed by atoms with Crippen LogP contribution in [0.15, 0.2) is 75.9 Å². The second-order valence-electron chi connectivity index (χ2n) is 4.64. The van der Waals surface area contributed by atoms with Crippen molar-refractivity contribution >= 4 is 23.2 Å². The van der Waals surface area contributed by atoms with Crippen molar-refractivity contribution in [3.63, 3.8) is 0 Å². The molecule has 0 saturated heterocycles. The molecule has 1 heterocycles. The average Bonchev–Trinajstić information content (AvgIpc) is 2.77. The standard InChI is InChI=1S/C16H13NO2S/c1-17-13-4-2-3-5-15(13)20-16(17)9-6-11-10-12(18)7-8-14(11)19/h2-10,18H,1H3/p+1. The number of allylic oxidation sites excluding steroid dienone is 6. The zero-order valence-corrected chi connectivity index (χ0v) is 11.8. The van der Waals surface area contributed by atoms with Crippen LogP contribution < -0.4 is 4.90 Å². The van der Waals surface area contributed by atoms with E-state index in [0.29, 0.717) is 5.57 Å². The summed E-state index contributed by atoms with van der Waals surface area (Å²) in [4.78, 5) is 14.1. The number of fused-ring (bicyclic) bond motifs is 1. The quantitative estimate of drug-likeness (QED) is 0.778. The van der Waals surface area contributed by atoms with Crippen molar-refractivity contribution in [3.8, 4) is 0 Å². The Bertz CT molecular complexity index is 698. The van der Waals surface area contributed by atoms with Crippen LogP contribution in [0, 0.1) is 0 Å². The third-order valence-electron chi connectivity index (χ3n) is 3.29. The number of para-hydroxylation sites is 1. The predicted octanol–water partition coefficient (Wildman–Crippen LogP) is 2.29. The van der Waals surface area contributed by atoms with Gasteiger partial charge in [0.25, 0.3) is 0 Å². The molecule has 3 nitrogen and oxygen atoms in total. The van der Waals surface area contributed by atoms with E-state index >= 15 is 0 Å². The number of benzene rings is 1. The van der Waals surface area contributed by atoms with Gasteiger partial charge in [-0.25, -0.2) is 0 Å². The molecule has 0 aromatic heterocycles. The minimum atomic E-state index is -0.0854. The van der Waals surface area contributed by atoms with Crippen molar-refractivity contribution in [2.75, 3.05) is 7.05 Å². The number of aliphatic hydroxyl groups excluding tert-OH is 1. The molecule has 1 aliphatic carbocycles. The lowest BCUT2D eigenvalue weighted by Crippen LogP contribution is -3.00. The lowest BCUT2D eigenvalue weighted by Gasteiger charge is -2.06. The minimum absolute atomic E-state index is 0.0854. The molecule has 1 aromatic rings. The van der Waals surface area contributed by atoms with Gasteiger partial charge in [-0.1, -0.05) is 12.1 Å². The van der Waals surface area contributed by atoms with Crippen LogP contribution in [0.3, 0.4) is 0 Å². The molecular weight excluding hydrogens is 270 g/mol. The molecule has 0 amide bonds. The molecule has 0 bridgehead atoms. The number of quaternary nitrogens is 1. The molecule has 1 aromatic carbocycles. The Morgan fingerprint density at radius 3 is 2.80 bits per heavy atom. The van der Waals surface area contributed by atoms with Gasteiger partial charge in [0.1, 0.15) is 5.76 Å². The molecule has 1 aliphatic heterocycles. The fourth-order valence-electron chi connectivity index (χ4n) is 2.18. The van der Waals surface area contributed by atoms with Gasteiger partial charge in [-0.05, 0) is 42.1 Å². The summed E-state index contributed by atoms with van der Waals surface area (Å²) in [5.74, 6) is 0.0233. The summed E-state index contributed by atoms with van der Waals surface area (Å²) in [5, 5.41) is 10.6. The van der Waals surface area contributed by atoms with Crippen LogP contribution in [0.4, 0.5) is 5.69 Å².